The molecule has 0 aliphatic rings. The molecule has 1 N–H and O–H groups in total. The maximum absolute atomic E-state index is 14.3. The van der Waals surface area contributed by atoms with Crippen LogP contribution in [0.3, 0.4) is 0 Å². The van der Waals surface area contributed by atoms with E-state index in [1.165, 1.54) is 36.4 Å². The van der Waals surface area contributed by atoms with Crippen molar-refractivity contribution < 1.29 is 13.6 Å². The van der Waals surface area contributed by atoms with E-state index in [-0.39, 0.29) is 18.3 Å². The van der Waals surface area contributed by atoms with Crippen LogP contribution in [0.5, 0.6) is 0 Å². The van der Waals surface area contributed by atoms with Gasteiger partial charge in [0.05, 0.1) is 6.54 Å². The number of benzene rings is 2. The summed E-state index contributed by atoms with van der Waals surface area (Å²) in [6.07, 6.45) is 0. The number of nitrogens with zero attached hydrogens (tertiary/aromatic N) is 3. The smallest absolute Gasteiger partial charge is 0.348 e. The summed E-state index contributed by atoms with van der Waals surface area (Å²) in [5.41, 5.74) is -2.37. The van der Waals surface area contributed by atoms with Crippen LogP contribution in [0.15, 0.2) is 58.1 Å². The van der Waals surface area contributed by atoms with Gasteiger partial charge in [-0.05, 0) is 43.7 Å². The SMILES string of the molecule is CC(C)NC(=O)c1nn(-c2ccccc2F)c(=O)n(Cc2cccc(F)c2)c1=O. The van der Waals surface area contributed by atoms with E-state index in [1.807, 2.05) is 0 Å². The molecule has 0 bridgehead atoms. The Hall–Kier alpha value is -3.62. The van der Waals surface area contributed by atoms with Gasteiger partial charge in [-0.25, -0.2) is 13.6 Å². The van der Waals surface area contributed by atoms with Gasteiger partial charge in [-0.3, -0.25) is 14.2 Å². The van der Waals surface area contributed by atoms with Crippen LogP contribution in [0.2, 0.25) is 0 Å². The molecule has 2 aromatic carbocycles. The number of amides is 1. The zero-order valence-electron chi connectivity index (χ0n) is 15.7. The van der Waals surface area contributed by atoms with Gasteiger partial charge in [0.15, 0.2) is 0 Å². The first-order chi connectivity index (χ1) is 13.8. The minimum Gasteiger partial charge on any atom is -0.348 e. The molecule has 0 aliphatic carbocycles. The lowest BCUT2D eigenvalue weighted by Crippen LogP contribution is -2.47. The molecule has 3 aromatic rings. The van der Waals surface area contributed by atoms with Gasteiger partial charge in [-0.2, -0.15) is 9.78 Å². The summed E-state index contributed by atoms with van der Waals surface area (Å²) < 4.78 is 29.2. The summed E-state index contributed by atoms with van der Waals surface area (Å²) >= 11 is 0. The number of hydrogen-bond donors (Lipinski definition) is 1. The molecule has 150 valence electrons. The van der Waals surface area contributed by atoms with Crippen molar-refractivity contribution in [3.05, 3.63) is 92.3 Å². The highest BCUT2D eigenvalue weighted by atomic mass is 19.1. The Morgan fingerprint density at radius 2 is 1.83 bits per heavy atom. The van der Waals surface area contributed by atoms with E-state index in [2.05, 4.69) is 10.4 Å². The first kappa shape index (κ1) is 20.1. The minimum atomic E-state index is -0.954. The maximum Gasteiger partial charge on any atom is 0.352 e. The van der Waals surface area contributed by atoms with Gasteiger partial charge in [0.2, 0.25) is 5.69 Å². The first-order valence-electron chi connectivity index (χ1n) is 8.82. The summed E-state index contributed by atoms with van der Waals surface area (Å²) in [5, 5.41) is 6.35. The molecule has 29 heavy (non-hydrogen) atoms. The second kappa shape index (κ2) is 8.17. The van der Waals surface area contributed by atoms with Crippen LogP contribution in [-0.2, 0) is 6.54 Å². The number of carbonyl (C=O) groups is 1. The van der Waals surface area contributed by atoms with Gasteiger partial charge in [0, 0.05) is 6.04 Å². The van der Waals surface area contributed by atoms with E-state index < -0.39 is 34.5 Å². The van der Waals surface area contributed by atoms with Crippen molar-refractivity contribution in [3.8, 4) is 5.69 Å². The maximum atomic E-state index is 14.3. The second-order valence-electron chi connectivity index (χ2n) is 6.64. The third-order valence-corrected chi connectivity index (χ3v) is 4.01. The molecule has 1 amide bonds. The zero-order valence-corrected chi connectivity index (χ0v) is 15.7. The molecule has 0 saturated carbocycles. The molecule has 1 aromatic heterocycles. The summed E-state index contributed by atoms with van der Waals surface area (Å²) in [4.78, 5) is 38.2. The van der Waals surface area contributed by atoms with Crippen molar-refractivity contribution in [2.75, 3.05) is 0 Å². The Labute approximate surface area is 164 Å². The lowest BCUT2D eigenvalue weighted by atomic mass is 10.2. The van der Waals surface area contributed by atoms with Crippen LogP contribution in [0, 0.1) is 11.6 Å². The van der Waals surface area contributed by atoms with Gasteiger partial charge in [0.25, 0.3) is 11.5 Å². The number of carbonyl (C=O) groups excluding carboxylic acids is 1. The lowest BCUT2D eigenvalue weighted by molar-refractivity contribution is 0.0933. The molecule has 0 unspecified atom stereocenters. The Morgan fingerprint density at radius 3 is 2.48 bits per heavy atom. The van der Waals surface area contributed by atoms with Crippen LogP contribution in [0.4, 0.5) is 8.78 Å². The molecule has 7 nitrogen and oxygen atoms in total. The second-order valence-corrected chi connectivity index (χ2v) is 6.64. The molecule has 0 radical (unpaired) electrons. The number of para-hydroxylation sites is 1. The van der Waals surface area contributed by atoms with E-state index in [0.717, 1.165) is 16.7 Å². The summed E-state index contributed by atoms with van der Waals surface area (Å²) in [6.45, 7) is 3.07. The number of rotatable bonds is 5. The van der Waals surface area contributed by atoms with E-state index in [0.29, 0.717) is 10.2 Å². The van der Waals surface area contributed by atoms with Crippen LogP contribution in [-0.4, -0.2) is 26.3 Å². The molecule has 0 saturated heterocycles. The molecular formula is C20H18F2N4O3. The molecule has 3 rings (SSSR count). The minimum absolute atomic E-state index is 0.218. The van der Waals surface area contributed by atoms with E-state index in [4.69, 9.17) is 0 Å². The molecule has 1 heterocycles. The Morgan fingerprint density at radius 1 is 1.10 bits per heavy atom. The monoisotopic (exact) mass is 400 g/mol. The van der Waals surface area contributed by atoms with Crippen LogP contribution >= 0.6 is 0 Å². The van der Waals surface area contributed by atoms with Crippen molar-refractivity contribution in [2.45, 2.75) is 26.4 Å². The zero-order chi connectivity index (χ0) is 21.1. The summed E-state index contributed by atoms with van der Waals surface area (Å²) in [7, 11) is 0. The number of halogens is 2. The quantitative estimate of drug-likeness (QED) is 0.708. The molecule has 9 heteroatoms. The third kappa shape index (κ3) is 4.29. The van der Waals surface area contributed by atoms with Gasteiger partial charge in [-0.15, -0.1) is 0 Å². The van der Waals surface area contributed by atoms with E-state index in [9.17, 15) is 23.2 Å². The van der Waals surface area contributed by atoms with E-state index in [1.54, 1.807) is 13.8 Å². The standard InChI is InChI=1S/C20H18F2N4O3/c1-12(2)23-18(27)17-19(28)25(11-13-6-5-7-14(21)10-13)20(29)26(24-17)16-9-4-3-8-15(16)22/h3-10,12H,11H2,1-2H3,(H,23,27). The number of nitrogens with one attached hydrogen (secondary N) is 1. The van der Waals surface area contributed by atoms with Crippen molar-refractivity contribution in [3.63, 3.8) is 0 Å². The lowest BCUT2D eigenvalue weighted by Gasteiger charge is -2.13. The highest BCUT2D eigenvalue weighted by Gasteiger charge is 2.22. The van der Waals surface area contributed by atoms with Gasteiger partial charge in [-0.1, -0.05) is 24.3 Å². The first-order valence-corrected chi connectivity index (χ1v) is 8.82. The topological polar surface area (TPSA) is 86.0 Å². The average Bonchev–Trinajstić information content (AvgIpc) is 2.65. The highest BCUT2D eigenvalue weighted by molar-refractivity contribution is 5.91. The van der Waals surface area contributed by atoms with Gasteiger partial charge < -0.3 is 5.32 Å². The molecule has 0 fully saturated rings. The fourth-order valence-corrected chi connectivity index (χ4v) is 2.73. The van der Waals surface area contributed by atoms with Crippen molar-refractivity contribution in [1.29, 1.82) is 0 Å². The Balaban J connectivity index is 2.24. The van der Waals surface area contributed by atoms with Gasteiger partial charge in [0.1, 0.15) is 17.3 Å². The Bertz CT molecular complexity index is 1180. The summed E-state index contributed by atoms with van der Waals surface area (Å²) in [5.74, 6) is -2.10. The van der Waals surface area contributed by atoms with Crippen molar-refractivity contribution >= 4 is 5.91 Å². The number of aromatic nitrogens is 3. The van der Waals surface area contributed by atoms with Crippen molar-refractivity contribution in [1.82, 2.24) is 19.7 Å². The molecule has 0 atom stereocenters. The normalized spacial score (nSPS) is 10.9. The third-order valence-electron chi connectivity index (χ3n) is 4.01. The predicted molar refractivity (Wildman–Crippen MR) is 102 cm³/mol. The number of hydrogen-bond acceptors (Lipinski definition) is 4. The van der Waals surface area contributed by atoms with Crippen LogP contribution < -0.4 is 16.6 Å². The van der Waals surface area contributed by atoms with E-state index >= 15 is 0 Å². The average molecular weight is 400 g/mol. The van der Waals surface area contributed by atoms with Gasteiger partial charge >= 0.3 is 5.69 Å². The molecular weight excluding hydrogens is 382 g/mol. The highest BCUT2D eigenvalue weighted by Crippen LogP contribution is 2.09. The summed E-state index contributed by atoms with van der Waals surface area (Å²) in [6, 6.07) is 10.4. The fourth-order valence-electron chi connectivity index (χ4n) is 2.73. The van der Waals surface area contributed by atoms with Crippen LogP contribution in [0.1, 0.15) is 29.9 Å². The Kier molecular flexibility index (Phi) is 5.67. The van der Waals surface area contributed by atoms with Crippen LogP contribution in [0.25, 0.3) is 5.69 Å². The molecule has 0 spiro atoms. The largest absolute Gasteiger partial charge is 0.352 e. The predicted octanol–water partition coefficient (Wildman–Crippen LogP) is 1.86. The fraction of sp³-hybridized carbons (Fsp3) is 0.200. The molecule has 0 aliphatic heterocycles. The van der Waals surface area contributed by atoms with Crippen molar-refractivity contribution in [2.24, 2.45) is 0 Å².